The Kier molecular flexibility index (Phi) is 61.1. The molecule has 3 saturated heterocycles. The lowest BCUT2D eigenvalue weighted by Crippen LogP contribution is -2.66. The molecule has 17 unspecified atom stereocenters. The molecule has 3 heterocycles. The molecule has 19 nitrogen and oxygen atoms in total. The lowest BCUT2D eigenvalue weighted by molar-refractivity contribution is -0.379. The molecule has 3 rings (SSSR count). The largest absolute Gasteiger partial charge is 0.394 e. The van der Waals surface area contributed by atoms with E-state index >= 15 is 0 Å². The number of hydrogen-bond acceptors (Lipinski definition) is 18. The number of nitrogens with one attached hydrogen (secondary N) is 1. The predicted octanol–water partition coefficient (Wildman–Crippen LogP) is 15.3. The van der Waals surface area contributed by atoms with Crippen LogP contribution in [0.3, 0.4) is 0 Å². The molecule has 17 atom stereocenters. The van der Waals surface area contributed by atoms with E-state index in [2.05, 4.69) is 129 Å². The van der Waals surface area contributed by atoms with Crippen molar-refractivity contribution in [2.75, 3.05) is 26.4 Å². The first-order chi connectivity index (χ1) is 52.3. The van der Waals surface area contributed by atoms with Crippen LogP contribution in [-0.4, -0.2) is 193 Å². The van der Waals surface area contributed by atoms with Crippen molar-refractivity contribution >= 4 is 5.91 Å². The van der Waals surface area contributed by atoms with Gasteiger partial charge in [-0.05, 0) is 83.5 Å². The third-order valence-corrected chi connectivity index (χ3v) is 20.6. The van der Waals surface area contributed by atoms with Crippen LogP contribution in [0.15, 0.2) is 109 Å². The summed E-state index contributed by atoms with van der Waals surface area (Å²) in [4.78, 5) is 13.5. The van der Waals surface area contributed by atoms with Crippen LogP contribution in [0, 0.1) is 0 Å². The zero-order valence-corrected chi connectivity index (χ0v) is 66.3. The summed E-state index contributed by atoms with van der Waals surface area (Å²) in [5, 5.41) is 121. The van der Waals surface area contributed by atoms with Gasteiger partial charge >= 0.3 is 0 Å². The standard InChI is InChI=1S/C88H153NO18/c1-3-5-7-9-11-13-15-17-19-21-23-25-27-29-31-33-35-37-39-41-43-45-47-49-51-53-55-57-59-61-63-65-72(93)71(89-76(94)66-64-62-60-58-56-54-52-50-48-46-44-42-40-38-36-34-32-30-28-26-24-22-20-18-16-14-12-10-8-6-4-2)70-102-86-82(100)79(97)84(74(68-91)104-86)107-88-83(101)80(98)85(75(69-92)105-88)106-87-81(99)78(96)77(95)73(67-90)103-87/h6,8,12,14,18,20,24,26,30,32,36,38,42,44,48,50,54,56,71-75,77-88,90-93,95-101H,3-5,7,9-11,13,15-17,19,21-23,25,27-29,31,33-35,37,39-41,43,45-47,49,51-53,55,57-70H2,1-2H3,(H,89,94)/b8-6-,14-12-,20-18-,26-24-,32-30-,38-36-,44-42-,50-48-,56-54-. The lowest BCUT2D eigenvalue weighted by atomic mass is 9.96. The van der Waals surface area contributed by atoms with Gasteiger partial charge in [0.2, 0.25) is 5.91 Å². The number of allylic oxidation sites excluding steroid dienone is 18. The maximum absolute atomic E-state index is 13.5. The Balaban J connectivity index is 1.37. The van der Waals surface area contributed by atoms with Crippen LogP contribution in [0.5, 0.6) is 0 Å². The number of unbranched alkanes of at least 4 members (excludes halogenated alkanes) is 33. The molecule has 12 N–H and O–H groups in total. The van der Waals surface area contributed by atoms with Crippen molar-refractivity contribution in [3.05, 3.63) is 109 Å². The first-order valence-corrected chi connectivity index (χ1v) is 42.6. The van der Waals surface area contributed by atoms with E-state index in [0.717, 1.165) is 96.3 Å². The van der Waals surface area contributed by atoms with Crippen LogP contribution >= 0.6 is 0 Å². The summed E-state index contributed by atoms with van der Waals surface area (Å²) < 4.78 is 34.5. The van der Waals surface area contributed by atoms with Crippen molar-refractivity contribution < 1.29 is 89.4 Å². The smallest absolute Gasteiger partial charge is 0.220 e. The summed E-state index contributed by atoms with van der Waals surface area (Å²) in [7, 11) is 0. The van der Waals surface area contributed by atoms with Crippen molar-refractivity contribution in [2.24, 2.45) is 0 Å². The van der Waals surface area contributed by atoms with E-state index < -0.39 is 124 Å². The fourth-order valence-corrected chi connectivity index (χ4v) is 13.8. The molecule has 0 aliphatic carbocycles. The van der Waals surface area contributed by atoms with Gasteiger partial charge in [-0.3, -0.25) is 4.79 Å². The average Bonchev–Trinajstić information content (AvgIpc) is 0.780. The fraction of sp³-hybridized carbons (Fsp3) is 0.784. The predicted molar refractivity (Wildman–Crippen MR) is 429 cm³/mol. The van der Waals surface area contributed by atoms with Gasteiger partial charge < -0.3 is 89.9 Å². The lowest BCUT2D eigenvalue weighted by Gasteiger charge is -2.48. The highest BCUT2D eigenvalue weighted by molar-refractivity contribution is 5.76. The average molecular weight is 1510 g/mol. The molecule has 3 aliphatic heterocycles. The normalized spacial score (nSPS) is 26.1. The van der Waals surface area contributed by atoms with Gasteiger partial charge in [-0.25, -0.2) is 0 Å². The summed E-state index contributed by atoms with van der Waals surface area (Å²) in [5.41, 5.74) is 0. The van der Waals surface area contributed by atoms with E-state index in [1.807, 2.05) is 0 Å². The molecular weight excluding hydrogens is 1360 g/mol. The van der Waals surface area contributed by atoms with Crippen LogP contribution in [-0.2, 0) is 33.2 Å². The van der Waals surface area contributed by atoms with Gasteiger partial charge in [0, 0.05) is 6.42 Å². The summed E-state index contributed by atoms with van der Waals surface area (Å²) in [6.07, 6.45) is 66.1. The minimum atomic E-state index is -1.98. The van der Waals surface area contributed by atoms with Gasteiger partial charge in [-0.15, -0.1) is 0 Å². The third-order valence-electron chi connectivity index (χ3n) is 20.6. The molecule has 0 spiro atoms. The molecule has 0 aromatic heterocycles. The van der Waals surface area contributed by atoms with E-state index in [0.29, 0.717) is 19.3 Å². The molecule has 0 bridgehead atoms. The molecule has 0 saturated carbocycles. The van der Waals surface area contributed by atoms with E-state index in [9.17, 15) is 61.0 Å². The Morgan fingerprint density at radius 1 is 0.346 bits per heavy atom. The highest BCUT2D eigenvalue weighted by Crippen LogP contribution is 2.33. The van der Waals surface area contributed by atoms with Gasteiger partial charge in [-0.1, -0.05) is 329 Å². The Hall–Kier alpha value is -3.55. The molecular formula is C88H153NO18. The number of carbonyl (C=O) groups is 1. The van der Waals surface area contributed by atoms with Crippen LogP contribution in [0.2, 0.25) is 0 Å². The van der Waals surface area contributed by atoms with Crippen molar-refractivity contribution in [2.45, 2.75) is 413 Å². The molecule has 3 aliphatic rings. The van der Waals surface area contributed by atoms with Crippen molar-refractivity contribution in [1.29, 1.82) is 0 Å². The van der Waals surface area contributed by atoms with E-state index in [-0.39, 0.29) is 18.9 Å². The number of rotatable bonds is 67. The Bertz CT molecular complexity index is 2360. The topological polar surface area (TPSA) is 307 Å². The van der Waals surface area contributed by atoms with Crippen molar-refractivity contribution in [1.82, 2.24) is 5.32 Å². The summed E-state index contributed by atoms with van der Waals surface area (Å²) in [6.45, 7) is 1.69. The highest BCUT2D eigenvalue weighted by atomic mass is 16.8. The summed E-state index contributed by atoms with van der Waals surface area (Å²) >= 11 is 0. The number of carbonyl (C=O) groups excluding carboxylic acids is 1. The summed E-state index contributed by atoms with van der Waals surface area (Å²) in [5.74, 6) is -0.275. The number of hydrogen-bond donors (Lipinski definition) is 12. The number of ether oxygens (including phenoxy) is 6. The zero-order valence-electron chi connectivity index (χ0n) is 66.3. The minimum Gasteiger partial charge on any atom is -0.394 e. The first-order valence-electron chi connectivity index (χ1n) is 42.6. The van der Waals surface area contributed by atoms with Crippen LogP contribution in [0.1, 0.15) is 309 Å². The molecule has 19 heteroatoms. The van der Waals surface area contributed by atoms with Gasteiger partial charge in [0.25, 0.3) is 0 Å². The van der Waals surface area contributed by atoms with E-state index in [1.54, 1.807) is 0 Å². The van der Waals surface area contributed by atoms with Gasteiger partial charge in [0.15, 0.2) is 18.9 Å². The second-order valence-electron chi connectivity index (χ2n) is 29.9. The second kappa shape index (κ2) is 67.0. The minimum absolute atomic E-state index is 0.220. The van der Waals surface area contributed by atoms with Crippen LogP contribution < -0.4 is 5.32 Å². The molecule has 0 aromatic rings. The first kappa shape index (κ1) is 97.6. The van der Waals surface area contributed by atoms with Crippen LogP contribution in [0.25, 0.3) is 0 Å². The van der Waals surface area contributed by atoms with Gasteiger partial charge in [-0.2, -0.15) is 0 Å². The van der Waals surface area contributed by atoms with Crippen molar-refractivity contribution in [3.8, 4) is 0 Å². The second-order valence-corrected chi connectivity index (χ2v) is 29.9. The van der Waals surface area contributed by atoms with Crippen molar-refractivity contribution in [3.63, 3.8) is 0 Å². The van der Waals surface area contributed by atoms with E-state index in [4.69, 9.17) is 28.4 Å². The number of aliphatic hydroxyl groups is 11. The molecule has 3 fully saturated rings. The summed E-state index contributed by atoms with van der Waals surface area (Å²) in [6, 6.07) is -0.916. The zero-order chi connectivity index (χ0) is 77.4. The molecule has 618 valence electrons. The van der Waals surface area contributed by atoms with Gasteiger partial charge in [0.1, 0.15) is 73.2 Å². The molecule has 0 aromatic carbocycles. The Morgan fingerprint density at radius 2 is 0.645 bits per heavy atom. The Morgan fingerprint density at radius 3 is 1.00 bits per heavy atom. The number of aliphatic hydroxyl groups excluding tert-OH is 11. The fourth-order valence-electron chi connectivity index (χ4n) is 13.8. The third kappa shape index (κ3) is 46.3. The quantitative estimate of drug-likeness (QED) is 0.0199. The van der Waals surface area contributed by atoms with Crippen LogP contribution in [0.4, 0.5) is 0 Å². The van der Waals surface area contributed by atoms with Gasteiger partial charge in [0.05, 0.1) is 38.6 Å². The number of amides is 1. The highest BCUT2D eigenvalue weighted by Gasteiger charge is 2.54. The molecule has 107 heavy (non-hydrogen) atoms. The van der Waals surface area contributed by atoms with E-state index in [1.165, 1.54) is 173 Å². The monoisotopic (exact) mass is 1510 g/mol. The SMILES string of the molecule is CC/C=C\C/C=C\C/C=C\C/C=C\C/C=C\C/C=C\C/C=C\C/C=C\C/C=C\CCCCCC(=O)NC(COC1OC(CO)C(OC2OC(CO)C(OC3OC(CO)C(O)C(O)C3O)C(O)C2O)C(O)C1O)C(O)CCCCCCCCCCCCCCCCCCCCCCCCCCCCCCCCC. The molecule has 0 radical (unpaired) electrons. The maximum Gasteiger partial charge on any atom is 0.220 e. The Labute approximate surface area is 646 Å². The molecule has 1 amide bonds. The maximum atomic E-state index is 13.5.